The van der Waals surface area contributed by atoms with Gasteiger partial charge in [0, 0.05) is 35.7 Å². The molecule has 0 atom stereocenters. The van der Waals surface area contributed by atoms with Crippen molar-refractivity contribution < 1.29 is 14.3 Å². The highest BCUT2D eigenvalue weighted by Crippen LogP contribution is 2.41. The molecule has 10 nitrogen and oxygen atoms in total. The molecule has 0 spiro atoms. The Kier molecular flexibility index (Phi) is 11.6. The van der Waals surface area contributed by atoms with E-state index in [1.165, 1.54) is 11.3 Å². The van der Waals surface area contributed by atoms with E-state index in [9.17, 15) is 9.59 Å². The first-order valence-corrected chi connectivity index (χ1v) is 13.0. The van der Waals surface area contributed by atoms with Crippen LogP contribution in [0.3, 0.4) is 0 Å². The second-order valence-electron chi connectivity index (χ2n) is 8.95. The van der Waals surface area contributed by atoms with Crippen LogP contribution in [0, 0.1) is 0 Å². The maximum atomic E-state index is 12.6. The monoisotopic (exact) mass is 529 g/mol. The van der Waals surface area contributed by atoms with Gasteiger partial charge in [0.15, 0.2) is 0 Å². The zero-order valence-corrected chi connectivity index (χ0v) is 23.2. The van der Waals surface area contributed by atoms with Crippen molar-refractivity contribution in [1.29, 1.82) is 0 Å². The Labute approximate surface area is 222 Å². The van der Waals surface area contributed by atoms with E-state index in [-0.39, 0.29) is 11.8 Å². The Hall–Kier alpha value is -3.41. The van der Waals surface area contributed by atoms with Gasteiger partial charge in [0.05, 0.1) is 29.4 Å². The Morgan fingerprint density at radius 2 is 1.84 bits per heavy atom. The average Bonchev–Trinajstić information content (AvgIpc) is 3.31. The summed E-state index contributed by atoms with van der Waals surface area (Å²) in [7, 11) is 7.76. The Balaban J connectivity index is 0.000000877. The second kappa shape index (κ2) is 14.4. The van der Waals surface area contributed by atoms with Crippen molar-refractivity contribution in [2.24, 2.45) is 5.73 Å². The largest absolute Gasteiger partial charge is 0.495 e. The minimum absolute atomic E-state index is 0.0403. The maximum absolute atomic E-state index is 12.6. The number of carbonyl (C=O) groups excluding carboxylic acids is 2. The molecule has 0 aliphatic heterocycles. The number of nitrogens with one attached hydrogen (secondary N) is 1. The molecule has 0 fully saturated rings. The SMILES string of the molecule is CCC(N)=O.COc1cc(-c2csc3c(NC(=O)CCN(C)CCCN(C)C)cnc(N)c23)ccc1N. The number of pyridine rings is 1. The van der Waals surface area contributed by atoms with Crippen LogP contribution in [-0.2, 0) is 9.59 Å². The summed E-state index contributed by atoms with van der Waals surface area (Å²) in [5, 5.41) is 5.85. The summed E-state index contributed by atoms with van der Waals surface area (Å²) in [5.41, 5.74) is 19.9. The molecule has 0 aliphatic rings. The molecule has 11 heteroatoms. The molecule has 0 aliphatic carbocycles. The van der Waals surface area contributed by atoms with Crippen molar-refractivity contribution in [3.8, 4) is 16.9 Å². The number of hydrogen-bond donors (Lipinski definition) is 4. The van der Waals surface area contributed by atoms with E-state index in [0.29, 0.717) is 42.3 Å². The number of amides is 2. The van der Waals surface area contributed by atoms with Gasteiger partial charge in [0.2, 0.25) is 11.8 Å². The van der Waals surface area contributed by atoms with Crippen LogP contribution in [-0.4, -0.2) is 74.5 Å². The number of nitrogens with two attached hydrogens (primary N) is 3. The molecule has 0 saturated heterocycles. The first kappa shape index (κ1) is 29.8. The molecule has 202 valence electrons. The predicted octanol–water partition coefficient (Wildman–Crippen LogP) is 3.23. The van der Waals surface area contributed by atoms with E-state index in [2.05, 4.69) is 39.9 Å². The molecular weight excluding hydrogens is 490 g/mol. The lowest BCUT2D eigenvalue weighted by molar-refractivity contribution is -0.118. The number of methoxy groups -OCH3 is 1. The fourth-order valence-electron chi connectivity index (χ4n) is 3.52. The highest BCUT2D eigenvalue weighted by molar-refractivity contribution is 7.18. The molecule has 1 aromatic carbocycles. The standard InChI is InChI=1S/C23H32N6O2S.C3H7NO/c1-28(2)9-5-10-29(3)11-8-20(30)27-18-13-26-23(25)21-16(14-32-22(18)21)15-6-7-17(24)19(12-15)31-4;1-2-3(4)5/h6-7,12-14H,5,8-11,24H2,1-4H3,(H2,25,26)(H,27,30);2H2,1H3,(H2,4,5). The number of ether oxygens (including phenoxy) is 1. The van der Waals surface area contributed by atoms with Crippen LogP contribution in [0.25, 0.3) is 21.2 Å². The third-order valence-corrected chi connectivity index (χ3v) is 6.67. The highest BCUT2D eigenvalue weighted by atomic mass is 32.1. The first-order chi connectivity index (χ1) is 17.6. The average molecular weight is 530 g/mol. The third kappa shape index (κ3) is 8.88. The van der Waals surface area contributed by atoms with Gasteiger partial charge in [-0.2, -0.15) is 0 Å². The van der Waals surface area contributed by atoms with Gasteiger partial charge in [-0.1, -0.05) is 13.0 Å². The summed E-state index contributed by atoms with van der Waals surface area (Å²) in [4.78, 5) is 30.9. The molecule has 2 aromatic heterocycles. The topological polar surface area (TPSA) is 153 Å². The highest BCUT2D eigenvalue weighted by Gasteiger charge is 2.16. The van der Waals surface area contributed by atoms with Gasteiger partial charge in [-0.3, -0.25) is 9.59 Å². The molecule has 0 radical (unpaired) electrons. The van der Waals surface area contributed by atoms with Crippen LogP contribution in [0.2, 0.25) is 0 Å². The van der Waals surface area contributed by atoms with E-state index in [1.807, 2.05) is 30.6 Å². The number of aromatic nitrogens is 1. The van der Waals surface area contributed by atoms with Gasteiger partial charge in [0.25, 0.3) is 0 Å². The zero-order valence-electron chi connectivity index (χ0n) is 22.3. The van der Waals surface area contributed by atoms with Crippen molar-refractivity contribution in [2.75, 3.05) is 64.7 Å². The van der Waals surface area contributed by atoms with Gasteiger partial charge < -0.3 is 37.1 Å². The lowest BCUT2D eigenvalue weighted by Gasteiger charge is -2.18. The van der Waals surface area contributed by atoms with E-state index in [4.69, 9.17) is 16.2 Å². The normalized spacial score (nSPS) is 10.9. The van der Waals surface area contributed by atoms with Gasteiger partial charge >= 0.3 is 0 Å². The summed E-state index contributed by atoms with van der Waals surface area (Å²) in [5.74, 6) is 0.740. The molecule has 37 heavy (non-hydrogen) atoms. The molecule has 7 N–H and O–H groups in total. The number of nitrogens with zero attached hydrogens (tertiary/aromatic N) is 3. The molecule has 0 saturated carbocycles. The van der Waals surface area contributed by atoms with Crippen molar-refractivity contribution in [3.63, 3.8) is 0 Å². The number of carbonyl (C=O) groups is 2. The summed E-state index contributed by atoms with van der Waals surface area (Å²) < 4.78 is 6.25. The van der Waals surface area contributed by atoms with Crippen LogP contribution in [0.15, 0.2) is 29.8 Å². The Morgan fingerprint density at radius 1 is 1.14 bits per heavy atom. The van der Waals surface area contributed by atoms with Gasteiger partial charge in [-0.15, -0.1) is 11.3 Å². The van der Waals surface area contributed by atoms with Crippen molar-refractivity contribution in [2.45, 2.75) is 26.2 Å². The van der Waals surface area contributed by atoms with Crippen LogP contribution < -0.4 is 27.3 Å². The summed E-state index contributed by atoms with van der Waals surface area (Å²) in [6.07, 6.45) is 3.56. The zero-order chi connectivity index (χ0) is 27.5. The fraction of sp³-hybridized carbons (Fsp3) is 0.423. The predicted molar refractivity (Wildman–Crippen MR) is 154 cm³/mol. The number of benzene rings is 1. The Morgan fingerprint density at radius 3 is 2.46 bits per heavy atom. The molecule has 0 unspecified atom stereocenters. The molecule has 0 bridgehead atoms. The third-order valence-electron chi connectivity index (χ3n) is 5.66. The summed E-state index contributed by atoms with van der Waals surface area (Å²) >= 11 is 1.53. The van der Waals surface area contributed by atoms with Gasteiger partial charge in [0.1, 0.15) is 11.6 Å². The van der Waals surface area contributed by atoms with E-state index in [1.54, 1.807) is 20.2 Å². The van der Waals surface area contributed by atoms with Gasteiger partial charge in [-0.05, 0) is 58.3 Å². The lowest BCUT2D eigenvalue weighted by atomic mass is 10.0. The van der Waals surface area contributed by atoms with E-state index >= 15 is 0 Å². The van der Waals surface area contributed by atoms with E-state index in [0.717, 1.165) is 40.7 Å². The first-order valence-electron chi connectivity index (χ1n) is 12.1. The smallest absolute Gasteiger partial charge is 0.225 e. The maximum Gasteiger partial charge on any atom is 0.225 e. The number of thiophene rings is 1. The number of hydrogen-bond acceptors (Lipinski definition) is 9. The van der Waals surface area contributed by atoms with Crippen molar-refractivity contribution >= 4 is 50.4 Å². The summed E-state index contributed by atoms with van der Waals surface area (Å²) in [6, 6.07) is 5.62. The van der Waals surface area contributed by atoms with E-state index < -0.39 is 0 Å². The minimum atomic E-state index is -0.245. The molecular formula is C26H39N7O3S. The van der Waals surface area contributed by atoms with Crippen LogP contribution in [0.1, 0.15) is 26.2 Å². The minimum Gasteiger partial charge on any atom is -0.495 e. The quantitative estimate of drug-likeness (QED) is 0.276. The number of fused-ring (bicyclic) bond motifs is 1. The molecule has 3 rings (SSSR count). The summed E-state index contributed by atoms with van der Waals surface area (Å²) in [6.45, 7) is 4.42. The fourth-order valence-corrected chi connectivity index (χ4v) is 4.57. The van der Waals surface area contributed by atoms with Crippen molar-refractivity contribution in [3.05, 3.63) is 29.8 Å². The number of rotatable bonds is 11. The van der Waals surface area contributed by atoms with Crippen LogP contribution >= 0.6 is 11.3 Å². The number of anilines is 3. The molecule has 2 amide bonds. The second-order valence-corrected chi connectivity index (χ2v) is 9.83. The lowest BCUT2D eigenvalue weighted by Crippen LogP contribution is -2.27. The van der Waals surface area contributed by atoms with Crippen LogP contribution in [0.4, 0.5) is 17.2 Å². The molecule has 2 heterocycles. The number of nitrogen functional groups attached to an aromatic ring is 2. The van der Waals surface area contributed by atoms with Crippen molar-refractivity contribution in [1.82, 2.24) is 14.8 Å². The van der Waals surface area contributed by atoms with Gasteiger partial charge in [-0.25, -0.2) is 4.98 Å². The Bertz CT molecular complexity index is 1200. The molecule has 3 aromatic rings. The number of primary amides is 1. The van der Waals surface area contributed by atoms with Crippen LogP contribution in [0.5, 0.6) is 5.75 Å².